The van der Waals surface area contributed by atoms with E-state index in [0.29, 0.717) is 11.1 Å². The highest BCUT2D eigenvalue weighted by molar-refractivity contribution is 6.74. The van der Waals surface area contributed by atoms with Gasteiger partial charge in [0.05, 0.1) is 0 Å². The quantitative estimate of drug-likeness (QED) is 0.544. The van der Waals surface area contributed by atoms with Crippen LogP contribution < -0.4 is 5.32 Å². The topological polar surface area (TPSA) is 21.3 Å². The van der Waals surface area contributed by atoms with Crippen LogP contribution in [0, 0.1) is 0 Å². The van der Waals surface area contributed by atoms with Crippen LogP contribution in [0.4, 0.5) is 0 Å². The van der Waals surface area contributed by atoms with Crippen LogP contribution in [0.3, 0.4) is 0 Å². The van der Waals surface area contributed by atoms with E-state index in [4.69, 9.17) is 4.43 Å². The van der Waals surface area contributed by atoms with E-state index in [9.17, 15) is 0 Å². The summed E-state index contributed by atoms with van der Waals surface area (Å²) in [7, 11) is 0.527. The molecular formula is C13H31NOSi. The molecule has 0 aliphatic carbocycles. The molecule has 16 heavy (non-hydrogen) atoms. The van der Waals surface area contributed by atoms with Gasteiger partial charge >= 0.3 is 0 Å². The molecule has 0 fully saturated rings. The monoisotopic (exact) mass is 245 g/mol. The Balaban J connectivity index is 3.82. The van der Waals surface area contributed by atoms with Gasteiger partial charge in [0.25, 0.3) is 0 Å². The first kappa shape index (κ1) is 16.1. The molecule has 0 bridgehead atoms. The standard InChI is InChI=1S/C13H31NOSi/c1-8-12(14-5)10-9-11-15-16(6,7)13(2,3)4/h12,14H,8-11H2,1-7H3. The van der Waals surface area contributed by atoms with Crippen molar-refractivity contribution in [2.75, 3.05) is 13.7 Å². The highest BCUT2D eigenvalue weighted by Gasteiger charge is 2.36. The number of hydrogen-bond acceptors (Lipinski definition) is 2. The molecule has 1 unspecified atom stereocenters. The smallest absolute Gasteiger partial charge is 0.191 e. The molecule has 0 spiro atoms. The van der Waals surface area contributed by atoms with Crippen LogP contribution in [-0.4, -0.2) is 28.0 Å². The summed E-state index contributed by atoms with van der Waals surface area (Å²) in [5, 5.41) is 3.67. The first-order valence-electron chi connectivity index (χ1n) is 6.56. The Kier molecular flexibility index (Phi) is 6.83. The van der Waals surface area contributed by atoms with Gasteiger partial charge in [-0.2, -0.15) is 0 Å². The predicted molar refractivity (Wildman–Crippen MR) is 75.5 cm³/mol. The third-order valence-electron chi connectivity index (χ3n) is 3.87. The van der Waals surface area contributed by atoms with Gasteiger partial charge in [-0.3, -0.25) is 0 Å². The van der Waals surface area contributed by atoms with Crippen molar-refractivity contribution in [2.45, 2.75) is 71.1 Å². The second-order valence-corrected chi connectivity index (χ2v) is 11.0. The SMILES string of the molecule is CCC(CCCO[Si](C)(C)C(C)(C)C)NC. The minimum atomic E-state index is -1.52. The highest BCUT2D eigenvalue weighted by Crippen LogP contribution is 2.36. The molecule has 98 valence electrons. The maximum Gasteiger partial charge on any atom is 0.191 e. The lowest BCUT2D eigenvalue weighted by atomic mass is 10.1. The Morgan fingerprint density at radius 2 is 1.81 bits per heavy atom. The van der Waals surface area contributed by atoms with Gasteiger partial charge in [0, 0.05) is 12.6 Å². The van der Waals surface area contributed by atoms with Gasteiger partial charge in [-0.15, -0.1) is 0 Å². The van der Waals surface area contributed by atoms with E-state index in [1.54, 1.807) is 0 Å². The minimum absolute atomic E-state index is 0.333. The molecule has 1 atom stereocenters. The van der Waals surface area contributed by atoms with Crippen LogP contribution in [0.15, 0.2) is 0 Å². The maximum absolute atomic E-state index is 6.14. The van der Waals surface area contributed by atoms with Crippen molar-refractivity contribution < 1.29 is 4.43 Å². The lowest BCUT2D eigenvalue weighted by molar-refractivity contribution is 0.271. The third kappa shape index (κ3) is 5.46. The van der Waals surface area contributed by atoms with Gasteiger partial charge in [0.2, 0.25) is 0 Å². The van der Waals surface area contributed by atoms with E-state index in [2.05, 4.69) is 46.1 Å². The van der Waals surface area contributed by atoms with Crippen molar-refractivity contribution in [3.63, 3.8) is 0 Å². The van der Waals surface area contributed by atoms with E-state index >= 15 is 0 Å². The fourth-order valence-corrected chi connectivity index (χ4v) is 2.51. The number of rotatable bonds is 7. The molecule has 0 saturated heterocycles. The van der Waals surface area contributed by atoms with Gasteiger partial charge in [-0.05, 0) is 44.4 Å². The lowest BCUT2D eigenvalue weighted by Gasteiger charge is -2.36. The van der Waals surface area contributed by atoms with Gasteiger partial charge in [0.1, 0.15) is 0 Å². The van der Waals surface area contributed by atoms with Gasteiger partial charge < -0.3 is 9.74 Å². The molecule has 0 amide bonds. The third-order valence-corrected chi connectivity index (χ3v) is 8.41. The molecule has 0 aliphatic rings. The van der Waals surface area contributed by atoms with Crippen molar-refractivity contribution in [3.8, 4) is 0 Å². The van der Waals surface area contributed by atoms with E-state index in [1.165, 1.54) is 19.3 Å². The molecular weight excluding hydrogens is 214 g/mol. The molecule has 0 aliphatic heterocycles. The van der Waals surface area contributed by atoms with E-state index in [0.717, 1.165) is 6.61 Å². The number of hydrogen-bond donors (Lipinski definition) is 1. The zero-order chi connectivity index (χ0) is 12.8. The van der Waals surface area contributed by atoms with Crippen LogP contribution in [0.1, 0.15) is 47.0 Å². The lowest BCUT2D eigenvalue weighted by Crippen LogP contribution is -2.41. The largest absolute Gasteiger partial charge is 0.417 e. The minimum Gasteiger partial charge on any atom is -0.417 e. The molecule has 0 heterocycles. The summed E-state index contributed by atoms with van der Waals surface area (Å²) in [6, 6.07) is 0.656. The summed E-state index contributed by atoms with van der Waals surface area (Å²) in [5.41, 5.74) is 0. The zero-order valence-corrected chi connectivity index (χ0v) is 13.3. The fraction of sp³-hybridized carbons (Fsp3) is 1.00. The van der Waals surface area contributed by atoms with Crippen molar-refractivity contribution in [1.29, 1.82) is 0 Å². The summed E-state index contributed by atoms with van der Waals surface area (Å²) >= 11 is 0. The molecule has 3 heteroatoms. The van der Waals surface area contributed by atoms with Crippen molar-refractivity contribution in [3.05, 3.63) is 0 Å². The second-order valence-electron chi connectivity index (χ2n) is 6.14. The summed E-state index contributed by atoms with van der Waals surface area (Å²) in [6.45, 7) is 14.7. The van der Waals surface area contributed by atoms with Crippen LogP contribution in [0.25, 0.3) is 0 Å². The zero-order valence-electron chi connectivity index (χ0n) is 12.3. The van der Waals surface area contributed by atoms with Crippen molar-refractivity contribution in [2.24, 2.45) is 0 Å². The summed E-state index contributed by atoms with van der Waals surface area (Å²) < 4.78 is 6.14. The Bertz CT molecular complexity index is 183. The van der Waals surface area contributed by atoms with Crippen LogP contribution in [0.5, 0.6) is 0 Å². The maximum atomic E-state index is 6.14. The van der Waals surface area contributed by atoms with Crippen LogP contribution in [0.2, 0.25) is 18.1 Å². The van der Waals surface area contributed by atoms with Gasteiger partial charge in [0.15, 0.2) is 8.32 Å². The first-order chi connectivity index (χ1) is 7.24. The van der Waals surface area contributed by atoms with E-state index in [1.807, 2.05) is 7.05 Å². The molecule has 0 aromatic rings. The van der Waals surface area contributed by atoms with Crippen molar-refractivity contribution in [1.82, 2.24) is 5.32 Å². The van der Waals surface area contributed by atoms with E-state index in [-0.39, 0.29) is 0 Å². The Morgan fingerprint density at radius 1 is 1.25 bits per heavy atom. The molecule has 0 aromatic carbocycles. The van der Waals surface area contributed by atoms with Crippen LogP contribution >= 0.6 is 0 Å². The summed E-state index contributed by atoms with van der Waals surface area (Å²) in [4.78, 5) is 0. The summed E-state index contributed by atoms with van der Waals surface area (Å²) in [5.74, 6) is 0. The first-order valence-corrected chi connectivity index (χ1v) is 9.46. The molecule has 0 aromatic heterocycles. The normalized spacial score (nSPS) is 15.2. The average Bonchev–Trinajstić information content (AvgIpc) is 2.16. The van der Waals surface area contributed by atoms with E-state index < -0.39 is 8.32 Å². The Hall–Kier alpha value is 0.137. The average molecular weight is 245 g/mol. The summed E-state index contributed by atoms with van der Waals surface area (Å²) in [6.07, 6.45) is 3.60. The fourth-order valence-electron chi connectivity index (χ4n) is 1.43. The van der Waals surface area contributed by atoms with Gasteiger partial charge in [-0.1, -0.05) is 27.7 Å². The predicted octanol–water partition coefficient (Wildman–Crippen LogP) is 3.79. The molecule has 0 rings (SSSR count). The highest BCUT2D eigenvalue weighted by atomic mass is 28.4. The van der Waals surface area contributed by atoms with Gasteiger partial charge in [-0.25, -0.2) is 0 Å². The molecule has 0 radical (unpaired) electrons. The Labute approximate surface area is 103 Å². The molecule has 2 nitrogen and oxygen atoms in total. The second kappa shape index (κ2) is 6.77. The van der Waals surface area contributed by atoms with Crippen molar-refractivity contribution >= 4 is 8.32 Å². The van der Waals surface area contributed by atoms with Crippen LogP contribution in [-0.2, 0) is 4.43 Å². The number of nitrogens with one attached hydrogen (secondary N) is 1. The molecule has 1 N–H and O–H groups in total. The molecule has 0 saturated carbocycles. The Morgan fingerprint density at radius 3 is 2.19 bits per heavy atom.